The van der Waals surface area contributed by atoms with Crippen LogP contribution in [0.3, 0.4) is 0 Å². The van der Waals surface area contributed by atoms with Crippen molar-refractivity contribution in [1.82, 2.24) is 14.8 Å². The lowest BCUT2D eigenvalue weighted by Crippen LogP contribution is -2.48. The molecule has 4 nitrogen and oxygen atoms in total. The average molecular weight is 400 g/mol. The van der Waals surface area contributed by atoms with Gasteiger partial charge in [-0.1, -0.05) is 30.3 Å². The van der Waals surface area contributed by atoms with Crippen LogP contribution in [-0.2, 0) is 17.7 Å². The highest BCUT2D eigenvalue weighted by Crippen LogP contribution is 2.23. The van der Waals surface area contributed by atoms with Crippen LogP contribution >= 0.6 is 11.3 Å². The fraction of sp³-hybridized carbons (Fsp3) is 0.609. The first kappa shape index (κ1) is 20.0. The van der Waals surface area contributed by atoms with Crippen molar-refractivity contribution in [3.63, 3.8) is 0 Å². The Morgan fingerprint density at radius 2 is 1.75 bits per heavy atom. The number of hydrogen-bond acceptors (Lipinski definition) is 5. The molecular formula is C23H33N3OS. The van der Waals surface area contributed by atoms with Crippen LogP contribution in [-0.4, -0.2) is 59.7 Å². The molecule has 4 rings (SSSR count). The third-order valence-electron chi connectivity index (χ3n) is 5.90. The van der Waals surface area contributed by atoms with Gasteiger partial charge >= 0.3 is 0 Å². The van der Waals surface area contributed by atoms with Crippen LogP contribution in [0.15, 0.2) is 35.7 Å². The van der Waals surface area contributed by atoms with E-state index in [2.05, 4.69) is 59.4 Å². The van der Waals surface area contributed by atoms with Gasteiger partial charge in [0.2, 0.25) is 0 Å². The quantitative estimate of drug-likeness (QED) is 0.733. The molecule has 2 atom stereocenters. The predicted octanol–water partition coefficient (Wildman–Crippen LogP) is 4.06. The summed E-state index contributed by atoms with van der Waals surface area (Å²) in [4.78, 5) is 10.1. The molecule has 0 amide bonds. The monoisotopic (exact) mass is 399 g/mol. The molecule has 0 bridgehead atoms. The van der Waals surface area contributed by atoms with Gasteiger partial charge in [-0.2, -0.15) is 0 Å². The van der Waals surface area contributed by atoms with E-state index in [1.54, 1.807) is 11.3 Å². The Morgan fingerprint density at radius 3 is 2.46 bits per heavy atom. The lowest BCUT2D eigenvalue weighted by atomic mass is 9.95. The molecule has 2 fully saturated rings. The molecule has 28 heavy (non-hydrogen) atoms. The zero-order valence-electron chi connectivity index (χ0n) is 17.2. The summed E-state index contributed by atoms with van der Waals surface area (Å²) in [6.07, 6.45) is 4.31. The molecule has 3 heterocycles. The summed E-state index contributed by atoms with van der Waals surface area (Å²) in [5, 5.41) is 3.48. The summed E-state index contributed by atoms with van der Waals surface area (Å²) in [5.74, 6) is 0.831. The Balaban J connectivity index is 1.21. The Kier molecular flexibility index (Phi) is 6.78. The van der Waals surface area contributed by atoms with E-state index < -0.39 is 0 Å². The van der Waals surface area contributed by atoms with Gasteiger partial charge in [0.1, 0.15) is 0 Å². The number of aromatic nitrogens is 1. The van der Waals surface area contributed by atoms with Gasteiger partial charge in [0, 0.05) is 38.0 Å². The molecule has 0 radical (unpaired) electrons. The molecular weight excluding hydrogens is 366 g/mol. The van der Waals surface area contributed by atoms with Gasteiger partial charge in [0.05, 0.1) is 22.9 Å². The zero-order chi connectivity index (χ0) is 19.3. The summed E-state index contributed by atoms with van der Waals surface area (Å²) in [5.41, 5.74) is 2.58. The lowest BCUT2D eigenvalue weighted by Gasteiger charge is -2.39. The molecule has 2 aromatic rings. The summed E-state index contributed by atoms with van der Waals surface area (Å²) in [7, 11) is 0. The fourth-order valence-electron chi connectivity index (χ4n) is 4.63. The molecule has 0 spiro atoms. The Hall–Kier alpha value is -1.27. The number of thiazole rings is 1. The van der Waals surface area contributed by atoms with Crippen LogP contribution < -0.4 is 0 Å². The number of ether oxygens (including phenoxy) is 1. The fourth-order valence-corrected chi connectivity index (χ4v) is 5.45. The standard InChI is InChI=1S/C23H33N3OS/c1-18-13-26(14-19(2)27-18)15-21-8-10-25(11-9-21)16-22-17-28-23(24-22)12-20-6-4-3-5-7-20/h3-7,17-19,21H,8-16H2,1-2H3. The van der Waals surface area contributed by atoms with Gasteiger partial charge in [-0.15, -0.1) is 11.3 Å². The van der Waals surface area contributed by atoms with Crippen LogP contribution in [0.2, 0.25) is 0 Å². The molecule has 2 aliphatic rings. The van der Waals surface area contributed by atoms with Crippen LogP contribution in [0.25, 0.3) is 0 Å². The molecule has 2 unspecified atom stereocenters. The van der Waals surface area contributed by atoms with Crippen LogP contribution in [0.4, 0.5) is 0 Å². The van der Waals surface area contributed by atoms with Crippen molar-refractivity contribution in [1.29, 1.82) is 0 Å². The minimum Gasteiger partial charge on any atom is -0.373 e. The second-order valence-corrected chi connectivity index (χ2v) is 9.53. The summed E-state index contributed by atoms with van der Waals surface area (Å²) >= 11 is 1.80. The van der Waals surface area contributed by atoms with Crippen molar-refractivity contribution in [2.75, 3.05) is 32.7 Å². The minimum absolute atomic E-state index is 0.374. The van der Waals surface area contributed by atoms with Crippen LogP contribution in [0.1, 0.15) is 43.0 Å². The van der Waals surface area contributed by atoms with E-state index in [1.165, 1.54) is 48.7 Å². The summed E-state index contributed by atoms with van der Waals surface area (Å²) in [6.45, 7) is 11.2. The van der Waals surface area contributed by atoms with Crippen LogP contribution in [0, 0.1) is 5.92 Å². The molecule has 2 aliphatic heterocycles. The van der Waals surface area contributed by atoms with Crippen molar-refractivity contribution in [3.05, 3.63) is 52.0 Å². The van der Waals surface area contributed by atoms with E-state index in [0.717, 1.165) is 32.0 Å². The first-order valence-corrected chi connectivity index (χ1v) is 11.6. The molecule has 1 aromatic heterocycles. The first-order chi connectivity index (χ1) is 13.6. The number of piperidine rings is 1. The highest BCUT2D eigenvalue weighted by atomic mass is 32.1. The highest BCUT2D eigenvalue weighted by molar-refractivity contribution is 7.09. The number of rotatable bonds is 6. The molecule has 2 saturated heterocycles. The first-order valence-electron chi connectivity index (χ1n) is 10.7. The number of nitrogens with zero attached hydrogens (tertiary/aromatic N) is 3. The molecule has 0 aliphatic carbocycles. The third-order valence-corrected chi connectivity index (χ3v) is 6.80. The lowest BCUT2D eigenvalue weighted by molar-refractivity contribution is -0.0732. The zero-order valence-corrected chi connectivity index (χ0v) is 18.0. The number of hydrogen-bond donors (Lipinski definition) is 0. The molecule has 0 saturated carbocycles. The topological polar surface area (TPSA) is 28.6 Å². The summed E-state index contributed by atoms with van der Waals surface area (Å²) < 4.78 is 5.87. The molecule has 152 valence electrons. The van der Waals surface area contributed by atoms with E-state index in [0.29, 0.717) is 12.2 Å². The molecule has 0 N–H and O–H groups in total. The SMILES string of the molecule is CC1CN(CC2CCN(Cc3csc(Cc4ccccc4)n3)CC2)CC(C)O1. The van der Waals surface area contributed by atoms with Crippen molar-refractivity contribution >= 4 is 11.3 Å². The Morgan fingerprint density at radius 1 is 1.04 bits per heavy atom. The number of morpholine rings is 1. The van der Waals surface area contributed by atoms with E-state index >= 15 is 0 Å². The van der Waals surface area contributed by atoms with E-state index in [9.17, 15) is 0 Å². The summed E-state index contributed by atoms with van der Waals surface area (Å²) in [6, 6.07) is 10.6. The van der Waals surface area contributed by atoms with Gasteiger partial charge in [-0.25, -0.2) is 4.98 Å². The second kappa shape index (κ2) is 9.49. The molecule has 1 aromatic carbocycles. The highest BCUT2D eigenvalue weighted by Gasteiger charge is 2.26. The van der Waals surface area contributed by atoms with Gasteiger partial charge in [-0.05, 0) is 51.3 Å². The van der Waals surface area contributed by atoms with E-state index in [1.807, 2.05) is 0 Å². The Bertz CT molecular complexity index is 716. The van der Waals surface area contributed by atoms with Crippen molar-refractivity contribution in [2.45, 2.75) is 51.9 Å². The van der Waals surface area contributed by atoms with Crippen molar-refractivity contribution < 1.29 is 4.74 Å². The smallest absolute Gasteiger partial charge is 0.0972 e. The number of likely N-dealkylation sites (tertiary alicyclic amines) is 1. The van der Waals surface area contributed by atoms with E-state index in [-0.39, 0.29) is 0 Å². The predicted molar refractivity (Wildman–Crippen MR) is 116 cm³/mol. The number of benzene rings is 1. The van der Waals surface area contributed by atoms with E-state index in [4.69, 9.17) is 9.72 Å². The minimum atomic E-state index is 0.374. The largest absolute Gasteiger partial charge is 0.373 e. The van der Waals surface area contributed by atoms with Gasteiger partial charge in [-0.3, -0.25) is 9.80 Å². The van der Waals surface area contributed by atoms with Gasteiger partial charge < -0.3 is 4.74 Å². The second-order valence-electron chi connectivity index (χ2n) is 8.59. The maximum Gasteiger partial charge on any atom is 0.0972 e. The van der Waals surface area contributed by atoms with Crippen molar-refractivity contribution in [3.8, 4) is 0 Å². The normalized spacial score (nSPS) is 25.2. The van der Waals surface area contributed by atoms with Gasteiger partial charge in [0.15, 0.2) is 0 Å². The van der Waals surface area contributed by atoms with Crippen LogP contribution in [0.5, 0.6) is 0 Å². The maximum atomic E-state index is 5.87. The molecule has 5 heteroatoms. The maximum absolute atomic E-state index is 5.87. The third kappa shape index (κ3) is 5.63. The van der Waals surface area contributed by atoms with Gasteiger partial charge in [0.25, 0.3) is 0 Å². The average Bonchev–Trinajstić information content (AvgIpc) is 3.10. The Labute approximate surface area is 173 Å². The van der Waals surface area contributed by atoms with Crippen molar-refractivity contribution in [2.24, 2.45) is 5.92 Å².